The average Bonchev–Trinajstić information content (AvgIpc) is 2.68. The first-order valence-corrected chi connectivity index (χ1v) is 9.03. The van der Waals surface area contributed by atoms with E-state index in [1.807, 2.05) is 11.8 Å². The standard InChI is InChI=1S/C19H23FN4O3/c1-3-24-16(12-17(25)22(2)19(24)27)23-10-8-13(9-11-23)18(26)21-15-6-4-14(20)5-7-15/h4-7,12-13H,3,8-11H2,1-2H3,(H,21,26). The number of amides is 1. The molecule has 1 amide bonds. The summed E-state index contributed by atoms with van der Waals surface area (Å²) in [5.41, 5.74) is -0.109. The summed E-state index contributed by atoms with van der Waals surface area (Å²) < 4.78 is 15.6. The molecule has 1 saturated heterocycles. The van der Waals surface area contributed by atoms with Crippen molar-refractivity contribution in [3.63, 3.8) is 0 Å². The van der Waals surface area contributed by atoms with E-state index in [1.165, 1.54) is 37.4 Å². The van der Waals surface area contributed by atoms with Crippen LogP contribution in [0.5, 0.6) is 0 Å². The van der Waals surface area contributed by atoms with E-state index in [0.717, 1.165) is 4.57 Å². The van der Waals surface area contributed by atoms with Crippen molar-refractivity contribution < 1.29 is 9.18 Å². The summed E-state index contributed by atoms with van der Waals surface area (Å²) in [4.78, 5) is 38.7. The number of carbonyl (C=O) groups is 1. The molecule has 0 atom stereocenters. The Morgan fingerprint density at radius 2 is 1.81 bits per heavy atom. The number of hydrogen-bond donors (Lipinski definition) is 1. The van der Waals surface area contributed by atoms with Crippen LogP contribution >= 0.6 is 0 Å². The molecule has 0 unspecified atom stereocenters. The van der Waals surface area contributed by atoms with Crippen molar-refractivity contribution in [2.45, 2.75) is 26.3 Å². The molecule has 1 aromatic heterocycles. The molecule has 3 rings (SSSR count). The third-order valence-corrected chi connectivity index (χ3v) is 5.00. The Morgan fingerprint density at radius 3 is 2.41 bits per heavy atom. The van der Waals surface area contributed by atoms with Gasteiger partial charge in [0, 0.05) is 44.4 Å². The van der Waals surface area contributed by atoms with Crippen molar-refractivity contribution in [2.24, 2.45) is 13.0 Å². The van der Waals surface area contributed by atoms with Crippen molar-refractivity contribution in [3.05, 3.63) is 57.0 Å². The number of rotatable bonds is 4. The number of nitrogens with zero attached hydrogens (tertiary/aromatic N) is 3. The first-order chi connectivity index (χ1) is 12.9. The van der Waals surface area contributed by atoms with Gasteiger partial charge >= 0.3 is 5.69 Å². The number of piperidine rings is 1. The molecular formula is C19H23FN4O3. The summed E-state index contributed by atoms with van der Waals surface area (Å²) in [6.45, 7) is 3.48. The van der Waals surface area contributed by atoms with Crippen molar-refractivity contribution in [1.82, 2.24) is 9.13 Å². The van der Waals surface area contributed by atoms with Gasteiger partial charge in [-0.1, -0.05) is 0 Å². The van der Waals surface area contributed by atoms with E-state index in [1.54, 1.807) is 4.57 Å². The molecule has 27 heavy (non-hydrogen) atoms. The van der Waals surface area contributed by atoms with E-state index in [0.29, 0.717) is 44.0 Å². The van der Waals surface area contributed by atoms with Gasteiger partial charge in [0.05, 0.1) is 0 Å². The summed E-state index contributed by atoms with van der Waals surface area (Å²) in [5.74, 6) is -0.0157. The highest BCUT2D eigenvalue weighted by molar-refractivity contribution is 5.92. The predicted octanol–water partition coefficient (Wildman–Crippen LogP) is 1.56. The second kappa shape index (κ2) is 7.77. The van der Waals surface area contributed by atoms with Gasteiger partial charge in [-0.05, 0) is 44.0 Å². The Balaban J connectivity index is 1.69. The highest BCUT2D eigenvalue weighted by atomic mass is 19.1. The van der Waals surface area contributed by atoms with Crippen LogP contribution in [-0.4, -0.2) is 28.1 Å². The monoisotopic (exact) mass is 374 g/mol. The second-order valence-electron chi connectivity index (χ2n) is 6.68. The zero-order valence-corrected chi connectivity index (χ0v) is 15.4. The summed E-state index contributed by atoms with van der Waals surface area (Å²) in [7, 11) is 1.46. The third kappa shape index (κ3) is 3.94. The number of anilines is 2. The smallest absolute Gasteiger partial charge is 0.332 e. The Kier molecular flexibility index (Phi) is 5.43. The minimum atomic E-state index is -0.350. The third-order valence-electron chi connectivity index (χ3n) is 5.00. The highest BCUT2D eigenvalue weighted by Crippen LogP contribution is 2.23. The van der Waals surface area contributed by atoms with Crippen LogP contribution < -0.4 is 21.5 Å². The minimum absolute atomic E-state index is 0.0990. The molecule has 0 aliphatic carbocycles. The average molecular weight is 374 g/mol. The Labute approximate surface area is 156 Å². The molecule has 0 radical (unpaired) electrons. The molecule has 8 heteroatoms. The molecule has 1 N–H and O–H groups in total. The highest BCUT2D eigenvalue weighted by Gasteiger charge is 2.27. The van der Waals surface area contributed by atoms with Gasteiger partial charge in [-0.25, -0.2) is 9.18 Å². The van der Waals surface area contributed by atoms with Crippen LogP contribution in [0.1, 0.15) is 19.8 Å². The lowest BCUT2D eigenvalue weighted by molar-refractivity contribution is -0.120. The minimum Gasteiger partial charge on any atom is -0.358 e. The molecule has 0 bridgehead atoms. The molecule has 1 aromatic carbocycles. The van der Waals surface area contributed by atoms with E-state index in [2.05, 4.69) is 5.32 Å². The predicted molar refractivity (Wildman–Crippen MR) is 102 cm³/mol. The molecule has 2 heterocycles. The van der Waals surface area contributed by atoms with Gasteiger partial charge in [0.1, 0.15) is 11.6 Å². The van der Waals surface area contributed by atoms with Crippen molar-refractivity contribution >= 4 is 17.4 Å². The summed E-state index contributed by atoms with van der Waals surface area (Å²) in [6, 6.07) is 7.14. The summed E-state index contributed by atoms with van der Waals surface area (Å²) in [5, 5.41) is 2.81. The molecule has 1 fully saturated rings. The van der Waals surface area contributed by atoms with Crippen LogP contribution in [0.4, 0.5) is 15.9 Å². The largest absolute Gasteiger partial charge is 0.358 e. The van der Waals surface area contributed by atoms with Crippen LogP contribution in [0.3, 0.4) is 0 Å². The number of benzene rings is 1. The molecule has 2 aromatic rings. The fourth-order valence-electron chi connectivity index (χ4n) is 3.37. The van der Waals surface area contributed by atoms with Crippen molar-refractivity contribution in [1.29, 1.82) is 0 Å². The number of aromatic nitrogens is 2. The molecular weight excluding hydrogens is 351 g/mol. The lowest BCUT2D eigenvalue weighted by atomic mass is 9.95. The molecule has 7 nitrogen and oxygen atoms in total. The molecule has 1 aliphatic heterocycles. The van der Waals surface area contributed by atoms with Gasteiger partial charge in [-0.15, -0.1) is 0 Å². The second-order valence-corrected chi connectivity index (χ2v) is 6.68. The zero-order chi connectivity index (χ0) is 19.6. The van der Waals surface area contributed by atoms with E-state index < -0.39 is 0 Å². The van der Waals surface area contributed by atoms with E-state index >= 15 is 0 Å². The van der Waals surface area contributed by atoms with E-state index in [-0.39, 0.29) is 28.9 Å². The lowest BCUT2D eigenvalue weighted by Gasteiger charge is -2.34. The van der Waals surface area contributed by atoms with Crippen molar-refractivity contribution in [3.8, 4) is 0 Å². The Morgan fingerprint density at radius 1 is 1.19 bits per heavy atom. The van der Waals surface area contributed by atoms with Gasteiger partial charge in [0.2, 0.25) is 5.91 Å². The summed E-state index contributed by atoms with van der Waals surface area (Å²) >= 11 is 0. The van der Waals surface area contributed by atoms with Crippen LogP contribution in [0.2, 0.25) is 0 Å². The van der Waals surface area contributed by atoms with E-state index in [4.69, 9.17) is 0 Å². The fourth-order valence-corrected chi connectivity index (χ4v) is 3.37. The normalized spacial score (nSPS) is 15.0. The first-order valence-electron chi connectivity index (χ1n) is 9.03. The quantitative estimate of drug-likeness (QED) is 0.881. The van der Waals surface area contributed by atoms with Gasteiger partial charge < -0.3 is 10.2 Å². The van der Waals surface area contributed by atoms with E-state index in [9.17, 15) is 18.8 Å². The lowest BCUT2D eigenvalue weighted by Crippen LogP contribution is -2.44. The van der Waals surface area contributed by atoms with Crippen LogP contribution in [0.25, 0.3) is 0 Å². The number of nitrogens with one attached hydrogen (secondary N) is 1. The van der Waals surface area contributed by atoms with Crippen LogP contribution in [0, 0.1) is 11.7 Å². The Bertz CT molecular complexity index is 941. The van der Waals surface area contributed by atoms with Crippen LogP contribution in [0.15, 0.2) is 39.9 Å². The number of halogens is 1. The maximum Gasteiger partial charge on any atom is 0.332 e. The maximum atomic E-state index is 13.0. The first kappa shape index (κ1) is 18.9. The summed E-state index contributed by atoms with van der Waals surface area (Å²) in [6.07, 6.45) is 1.22. The molecule has 0 saturated carbocycles. The van der Waals surface area contributed by atoms with Crippen LogP contribution in [-0.2, 0) is 18.4 Å². The Hall–Kier alpha value is -2.90. The zero-order valence-electron chi connectivity index (χ0n) is 15.4. The number of hydrogen-bond acceptors (Lipinski definition) is 4. The van der Waals surface area contributed by atoms with Gasteiger partial charge in [0.25, 0.3) is 5.56 Å². The topological polar surface area (TPSA) is 76.3 Å². The van der Waals surface area contributed by atoms with Gasteiger partial charge in [-0.2, -0.15) is 0 Å². The molecule has 1 aliphatic rings. The van der Waals surface area contributed by atoms with Crippen molar-refractivity contribution in [2.75, 3.05) is 23.3 Å². The molecule has 0 spiro atoms. The van der Waals surface area contributed by atoms with Gasteiger partial charge in [-0.3, -0.25) is 18.7 Å². The van der Waals surface area contributed by atoms with Gasteiger partial charge in [0.15, 0.2) is 0 Å². The SMILES string of the molecule is CCn1c(N2CCC(C(=O)Nc3ccc(F)cc3)CC2)cc(=O)n(C)c1=O. The fraction of sp³-hybridized carbons (Fsp3) is 0.421. The molecule has 144 valence electrons. The number of carbonyl (C=O) groups excluding carboxylic acids is 1. The maximum absolute atomic E-state index is 13.0.